The highest BCUT2D eigenvalue weighted by atomic mass is 19.3. The second-order valence-corrected chi connectivity index (χ2v) is 3.35. The van der Waals surface area contributed by atoms with Gasteiger partial charge in [0, 0.05) is 16.4 Å². The van der Waals surface area contributed by atoms with E-state index < -0.39 is 0 Å². The quantitative estimate of drug-likeness (QED) is 0.477. The van der Waals surface area contributed by atoms with E-state index in [0.29, 0.717) is 0 Å². The minimum absolute atomic E-state index is 0.0393. The molecule has 2 unspecified atom stereocenters. The lowest BCUT2D eigenvalue weighted by atomic mass is 9.87. The van der Waals surface area contributed by atoms with E-state index in [1.807, 2.05) is 13.0 Å². The van der Waals surface area contributed by atoms with Gasteiger partial charge in [0.2, 0.25) is 0 Å². The predicted molar refractivity (Wildman–Crippen MR) is 51.5 cm³/mol. The molecule has 1 rings (SSSR count). The van der Waals surface area contributed by atoms with Gasteiger partial charge >= 0.3 is 0 Å². The highest BCUT2D eigenvalue weighted by Gasteiger charge is 2.28. The molecule has 0 saturated heterocycles. The van der Waals surface area contributed by atoms with Crippen LogP contribution in [0, 0.1) is 11.8 Å². The van der Waals surface area contributed by atoms with Crippen molar-refractivity contribution in [1.82, 2.24) is 0 Å². The molecule has 0 bridgehead atoms. The van der Waals surface area contributed by atoms with Crippen molar-refractivity contribution < 1.29 is 9.47 Å². The minimum atomic E-state index is 0.0393. The monoisotopic (exact) mass is 182 g/mol. The normalized spacial score (nSPS) is 26.0. The summed E-state index contributed by atoms with van der Waals surface area (Å²) < 4.78 is 11.9. The summed E-state index contributed by atoms with van der Waals surface area (Å²) in [6, 6.07) is 0. The third-order valence-electron chi connectivity index (χ3n) is 2.61. The van der Waals surface area contributed by atoms with Crippen LogP contribution in [0.15, 0.2) is 36.6 Å². The zero-order chi connectivity index (χ0) is 9.84. The van der Waals surface area contributed by atoms with Gasteiger partial charge in [-0.3, -0.25) is 4.94 Å². The van der Waals surface area contributed by atoms with Crippen molar-refractivity contribution in [2.45, 2.75) is 19.8 Å². The van der Waals surface area contributed by atoms with Crippen LogP contribution in [0.25, 0.3) is 0 Å². The van der Waals surface area contributed by atoms with Crippen LogP contribution in [0.3, 0.4) is 0 Å². The van der Waals surface area contributed by atoms with Crippen molar-refractivity contribution >= 4 is 0 Å². The largest absolute Gasteiger partial charge is 0.299 e. The van der Waals surface area contributed by atoms with Crippen molar-refractivity contribution in [3.05, 3.63) is 36.6 Å². The lowest BCUT2D eigenvalue weighted by Gasteiger charge is -2.19. The molecule has 1 aliphatic carbocycles. The zero-order valence-corrected chi connectivity index (χ0v) is 7.92. The summed E-state index contributed by atoms with van der Waals surface area (Å²) in [5.41, 5.74) is 1.11. The Kier molecular flexibility index (Phi) is 3.29. The summed E-state index contributed by atoms with van der Waals surface area (Å²) in [5, 5.41) is 0. The number of halogens is 1. The van der Waals surface area contributed by atoms with E-state index in [1.54, 1.807) is 0 Å². The molecule has 2 atom stereocenters. The van der Waals surface area contributed by atoms with Gasteiger partial charge in [0.1, 0.15) is 5.76 Å². The first-order chi connectivity index (χ1) is 6.20. The molecule has 0 aromatic carbocycles. The van der Waals surface area contributed by atoms with E-state index in [-0.39, 0.29) is 17.6 Å². The Morgan fingerprint density at radius 2 is 2.31 bits per heavy atom. The Labute approximate surface area is 78.5 Å². The molecule has 0 spiro atoms. The number of hydrogen-bond donors (Lipinski definition) is 0. The molecule has 0 heterocycles. The molecule has 0 fully saturated rings. The van der Waals surface area contributed by atoms with Crippen LogP contribution in [0.2, 0.25) is 0 Å². The van der Waals surface area contributed by atoms with Crippen LogP contribution < -0.4 is 0 Å². The molecular formula is C11H15FO. The summed E-state index contributed by atoms with van der Waals surface area (Å²) in [7, 11) is 0. The highest BCUT2D eigenvalue weighted by Crippen LogP contribution is 2.36. The van der Waals surface area contributed by atoms with E-state index in [1.165, 1.54) is 0 Å². The first-order valence-corrected chi connectivity index (χ1v) is 4.52. The van der Waals surface area contributed by atoms with Crippen LogP contribution in [0.4, 0.5) is 4.53 Å². The van der Waals surface area contributed by atoms with Gasteiger partial charge in [-0.1, -0.05) is 37.8 Å². The van der Waals surface area contributed by atoms with Crippen LogP contribution in [0.1, 0.15) is 19.8 Å². The van der Waals surface area contributed by atoms with E-state index in [0.717, 1.165) is 18.4 Å². The Balaban J connectivity index is 2.67. The number of allylic oxidation sites excluding steroid dienone is 4. The van der Waals surface area contributed by atoms with Gasteiger partial charge < -0.3 is 0 Å². The Hall–Kier alpha value is -1.05. The van der Waals surface area contributed by atoms with Gasteiger partial charge in [-0.15, -0.1) is 0 Å². The molecule has 0 amide bonds. The smallest absolute Gasteiger partial charge is 0.146 e. The molecular weight excluding hydrogens is 167 g/mol. The van der Waals surface area contributed by atoms with Crippen LogP contribution >= 0.6 is 0 Å². The summed E-state index contributed by atoms with van der Waals surface area (Å²) in [4.78, 5) is 3.68. The van der Waals surface area contributed by atoms with Gasteiger partial charge in [-0.25, -0.2) is 0 Å². The highest BCUT2D eigenvalue weighted by molar-refractivity contribution is 5.21. The van der Waals surface area contributed by atoms with Gasteiger partial charge in [-0.05, 0) is 12.8 Å². The maximum Gasteiger partial charge on any atom is 0.146 e. The number of rotatable bonds is 4. The second kappa shape index (κ2) is 4.26. The number of hydrogen-bond acceptors (Lipinski definition) is 1. The van der Waals surface area contributed by atoms with Gasteiger partial charge in [0.05, 0.1) is 0 Å². The zero-order valence-electron chi connectivity index (χ0n) is 7.92. The predicted octanol–water partition coefficient (Wildman–Crippen LogP) is 3.56. The fourth-order valence-electron chi connectivity index (χ4n) is 1.70. The fraction of sp³-hybridized carbons (Fsp3) is 0.455. The van der Waals surface area contributed by atoms with Crippen molar-refractivity contribution in [3.8, 4) is 0 Å². The van der Waals surface area contributed by atoms with Crippen LogP contribution in [-0.2, 0) is 4.94 Å². The second-order valence-electron chi connectivity index (χ2n) is 3.35. The Bertz CT molecular complexity index is 242. The molecule has 1 nitrogen and oxygen atoms in total. The van der Waals surface area contributed by atoms with Crippen molar-refractivity contribution in [3.63, 3.8) is 0 Å². The molecule has 1 aliphatic rings. The summed E-state index contributed by atoms with van der Waals surface area (Å²) in [5.74, 6) is 0.454. The maximum absolute atomic E-state index is 11.9. The van der Waals surface area contributed by atoms with Crippen LogP contribution in [0.5, 0.6) is 0 Å². The van der Waals surface area contributed by atoms with E-state index in [9.17, 15) is 4.53 Å². The molecule has 0 aromatic rings. The lowest BCUT2D eigenvalue weighted by Crippen LogP contribution is -2.12. The van der Waals surface area contributed by atoms with Gasteiger partial charge in [0.15, 0.2) is 0 Å². The van der Waals surface area contributed by atoms with E-state index in [4.69, 9.17) is 0 Å². The molecule has 0 aromatic heterocycles. The molecule has 0 saturated carbocycles. The van der Waals surface area contributed by atoms with Crippen molar-refractivity contribution in [1.29, 1.82) is 0 Å². The molecule has 0 aliphatic heterocycles. The first kappa shape index (κ1) is 10.0. The average Bonchev–Trinajstić information content (AvgIpc) is 2.63. The van der Waals surface area contributed by atoms with Crippen molar-refractivity contribution in [2.75, 3.05) is 0 Å². The van der Waals surface area contributed by atoms with Crippen LogP contribution in [-0.4, -0.2) is 0 Å². The minimum Gasteiger partial charge on any atom is -0.299 e. The molecule has 72 valence electrons. The third-order valence-corrected chi connectivity index (χ3v) is 2.61. The average molecular weight is 182 g/mol. The molecule has 0 N–H and O–H groups in total. The topological polar surface area (TPSA) is 9.23 Å². The van der Waals surface area contributed by atoms with E-state index in [2.05, 4.69) is 24.2 Å². The van der Waals surface area contributed by atoms with Gasteiger partial charge in [-0.2, -0.15) is 0 Å². The summed E-state index contributed by atoms with van der Waals surface area (Å²) in [6.07, 6.45) is 5.79. The molecule has 2 heteroatoms. The third kappa shape index (κ3) is 2.00. The van der Waals surface area contributed by atoms with E-state index >= 15 is 0 Å². The molecule has 13 heavy (non-hydrogen) atoms. The SMILES string of the molecule is C=C(CC)C1C=CCC1C(=C)OF. The maximum atomic E-state index is 11.9. The Morgan fingerprint density at radius 1 is 1.62 bits per heavy atom. The molecule has 0 radical (unpaired) electrons. The van der Waals surface area contributed by atoms with Crippen molar-refractivity contribution in [2.24, 2.45) is 11.8 Å². The fourth-order valence-corrected chi connectivity index (χ4v) is 1.70. The standard InChI is InChI=1S/C11H15FO/c1-4-8(2)10-6-5-7-11(10)9(3)13-12/h5-6,10-11H,2-4,7H2,1H3. The Morgan fingerprint density at radius 3 is 2.85 bits per heavy atom. The van der Waals surface area contributed by atoms with Gasteiger partial charge in [0.25, 0.3) is 0 Å². The summed E-state index contributed by atoms with van der Waals surface area (Å²) >= 11 is 0. The summed E-state index contributed by atoms with van der Waals surface area (Å²) in [6.45, 7) is 9.54. The first-order valence-electron chi connectivity index (χ1n) is 4.52. The lowest BCUT2D eigenvalue weighted by molar-refractivity contribution is -0.0962.